The van der Waals surface area contributed by atoms with Crippen LogP contribution in [0.15, 0.2) is 88.9 Å². The second-order valence-corrected chi connectivity index (χ2v) is 7.39. The average molecular weight is 411 g/mol. The number of hydrogen-bond acceptors (Lipinski definition) is 4. The van der Waals surface area contributed by atoms with Crippen molar-refractivity contribution in [1.29, 1.82) is 0 Å². The highest BCUT2D eigenvalue weighted by molar-refractivity contribution is 7.99. The van der Waals surface area contributed by atoms with Gasteiger partial charge in [-0.2, -0.15) is 5.10 Å². The molecule has 28 heavy (non-hydrogen) atoms. The Morgan fingerprint density at radius 2 is 1.71 bits per heavy atom. The predicted molar refractivity (Wildman–Crippen MR) is 116 cm³/mol. The lowest BCUT2D eigenvalue weighted by Crippen LogP contribution is -2.17. The van der Waals surface area contributed by atoms with Crippen molar-refractivity contribution in [3.8, 4) is 5.75 Å². The normalized spacial score (nSPS) is 10.8. The van der Waals surface area contributed by atoms with Crippen LogP contribution < -0.4 is 10.2 Å². The van der Waals surface area contributed by atoms with Crippen LogP contribution in [0.2, 0.25) is 5.02 Å². The summed E-state index contributed by atoms with van der Waals surface area (Å²) in [5.74, 6) is 1.40. The van der Waals surface area contributed by atoms with Gasteiger partial charge in [0.2, 0.25) is 0 Å². The third-order valence-corrected chi connectivity index (χ3v) is 4.96. The molecule has 0 fully saturated rings. The lowest BCUT2D eigenvalue weighted by Gasteiger charge is -2.06. The van der Waals surface area contributed by atoms with Gasteiger partial charge in [-0.3, -0.25) is 4.79 Å². The quantitative estimate of drug-likeness (QED) is 0.238. The second-order valence-electron chi connectivity index (χ2n) is 5.79. The first-order valence-corrected chi connectivity index (χ1v) is 10.1. The lowest BCUT2D eigenvalue weighted by atomic mass is 10.2. The topological polar surface area (TPSA) is 50.7 Å². The number of halogens is 1. The number of ether oxygens (including phenoxy) is 1. The predicted octanol–water partition coefficient (Wildman–Crippen LogP) is 5.28. The smallest absolute Gasteiger partial charge is 0.271 e. The molecule has 1 amide bonds. The standard InChI is InChI=1S/C22H19ClN2O2S/c23-19-8-12-21(13-9-19)28-15-14-27-20-10-6-17(7-11-20)16-24-25-22(26)18-4-2-1-3-5-18/h1-13,16H,14-15H2,(H,25,26)/b24-16+. The highest BCUT2D eigenvalue weighted by Gasteiger charge is 2.01. The number of nitrogens with one attached hydrogen (secondary N) is 1. The number of thioether (sulfide) groups is 1. The van der Waals surface area contributed by atoms with Gasteiger partial charge < -0.3 is 4.74 Å². The van der Waals surface area contributed by atoms with Gasteiger partial charge in [-0.15, -0.1) is 11.8 Å². The molecule has 0 atom stereocenters. The van der Waals surface area contributed by atoms with E-state index >= 15 is 0 Å². The molecule has 0 aromatic heterocycles. The van der Waals surface area contributed by atoms with E-state index in [9.17, 15) is 4.79 Å². The molecule has 1 N–H and O–H groups in total. The van der Waals surface area contributed by atoms with Crippen molar-refractivity contribution in [1.82, 2.24) is 5.43 Å². The van der Waals surface area contributed by atoms with Crippen molar-refractivity contribution in [2.45, 2.75) is 4.90 Å². The second kappa shape index (κ2) is 10.5. The highest BCUT2D eigenvalue weighted by Crippen LogP contribution is 2.20. The lowest BCUT2D eigenvalue weighted by molar-refractivity contribution is 0.0955. The Hall–Kier alpha value is -2.76. The number of carbonyl (C=O) groups is 1. The maximum atomic E-state index is 11.9. The van der Waals surface area contributed by atoms with Gasteiger partial charge in [0.05, 0.1) is 12.8 Å². The summed E-state index contributed by atoms with van der Waals surface area (Å²) in [5.41, 5.74) is 3.95. The Morgan fingerprint density at radius 1 is 1.00 bits per heavy atom. The third kappa shape index (κ3) is 6.44. The zero-order valence-electron chi connectivity index (χ0n) is 15.0. The fourth-order valence-electron chi connectivity index (χ4n) is 2.32. The monoisotopic (exact) mass is 410 g/mol. The van der Waals surface area contributed by atoms with Crippen molar-refractivity contribution in [3.63, 3.8) is 0 Å². The van der Waals surface area contributed by atoms with Gasteiger partial charge in [-0.25, -0.2) is 5.43 Å². The SMILES string of the molecule is O=C(N/N=C/c1ccc(OCCSc2ccc(Cl)cc2)cc1)c1ccccc1. The Bertz CT molecular complexity index is 914. The van der Waals surface area contributed by atoms with Crippen LogP contribution in [0.4, 0.5) is 0 Å². The summed E-state index contributed by atoms with van der Waals surface area (Å²) in [6.07, 6.45) is 1.60. The summed E-state index contributed by atoms with van der Waals surface area (Å²) in [6.45, 7) is 0.605. The zero-order valence-corrected chi connectivity index (χ0v) is 16.6. The molecule has 0 aliphatic heterocycles. The van der Waals surface area contributed by atoms with Gasteiger partial charge in [-0.05, 0) is 66.2 Å². The van der Waals surface area contributed by atoms with E-state index in [-0.39, 0.29) is 5.91 Å². The Balaban J connectivity index is 1.40. The van der Waals surface area contributed by atoms with Crippen molar-refractivity contribution >= 4 is 35.5 Å². The minimum atomic E-state index is -0.241. The number of benzene rings is 3. The minimum absolute atomic E-state index is 0.241. The summed E-state index contributed by atoms with van der Waals surface area (Å²) in [5, 5.41) is 4.72. The maximum absolute atomic E-state index is 11.9. The van der Waals surface area contributed by atoms with E-state index in [0.717, 1.165) is 27.0 Å². The van der Waals surface area contributed by atoms with Crippen LogP contribution in [0.25, 0.3) is 0 Å². The molecule has 3 aromatic carbocycles. The van der Waals surface area contributed by atoms with Crippen molar-refractivity contribution < 1.29 is 9.53 Å². The number of nitrogens with zero attached hydrogens (tertiary/aromatic N) is 1. The van der Waals surface area contributed by atoms with E-state index in [2.05, 4.69) is 10.5 Å². The fourth-order valence-corrected chi connectivity index (χ4v) is 3.18. The van der Waals surface area contributed by atoms with Gasteiger partial charge in [0, 0.05) is 21.2 Å². The molecule has 3 aromatic rings. The number of hydrogen-bond donors (Lipinski definition) is 1. The van der Waals surface area contributed by atoms with Crippen LogP contribution in [-0.4, -0.2) is 24.5 Å². The van der Waals surface area contributed by atoms with Crippen LogP contribution >= 0.6 is 23.4 Å². The first kappa shape index (κ1) is 20.0. The van der Waals surface area contributed by atoms with Gasteiger partial charge >= 0.3 is 0 Å². The van der Waals surface area contributed by atoms with Gasteiger partial charge in [0.15, 0.2) is 0 Å². The van der Waals surface area contributed by atoms with Crippen molar-refractivity contribution in [2.24, 2.45) is 5.10 Å². The van der Waals surface area contributed by atoms with E-state index < -0.39 is 0 Å². The molecule has 0 saturated carbocycles. The van der Waals surface area contributed by atoms with Crippen LogP contribution in [0.3, 0.4) is 0 Å². The molecule has 3 rings (SSSR count). The van der Waals surface area contributed by atoms with Crippen molar-refractivity contribution in [2.75, 3.05) is 12.4 Å². The molecule has 0 saturated heterocycles. The average Bonchev–Trinajstić information content (AvgIpc) is 2.74. The Kier molecular flexibility index (Phi) is 7.53. The largest absolute Gasteiger partial charge is 0.493 e. The van der Waals surface area contributed by atoms with Crippen molar-refractivity contribution in [3.05, 3.63) is 95.0 Å². The fraction of sp³-hybridized carbons (Fsp3) is 0.0909. The zero-order chi connectivity index (χ0) is 19.6. The molecular formula is C22H19ClN2O2S. The first-order valence-electron chi connectivity index (χ1n) is 8.70. The van der Waals surface area contributed by atoms with E-state index in [1.54, 1.807) is 30.1 Å². The molecule has 6 heteroatoms. The number of rotatable bonds is 8. The van der Waals surface area contributed by atoms with E-state index in [1.165, 1.54) is 0 Å². The number of hydrazone groups is 1. The van der Waals surface area contributed by atoms with Gasteiger partial charge in [0.1, 0.15) is 5.75 Å². The number of carbonyl (C=O) groups excluding carboxylic acids is 1. The molecule has 0 unspecified atom stereocenters. The minimum Gasteiger partial charge on any atom is -0.493 e. The molecule has 0 aliphatic carbocycles. The highest BCUT2D eigenvalue weighted by atomic mass is 35.5. The summed E-state index contributed by atoms with van der Waals surface area (Å²) in [4.78, 5) is 13.1. The van der Waals surface area contributed by atoms with Crippen LogP contribution in [0.5, 0.6) is 5.75 Å². The van der Waals surface area contributed by atoms with Gasteiger partial charge in [0.25, 0.3) is 5.91 Å². The molecule has 0 spiro atoms. The van der Waals surface area contributed by atoms with Crippen LogP contribution in [0.1, 0.15) is 15.9 Å². The molecular weight excluding hydrogens is 392 g/mol. The van der Waals surface area contributed by atoms with Crippen LogP contribution in [-0.2, 0) is 0 Å². The molecule has 142 valence electrons. The first-order chi connectivity index (χ1) is 13.7. The molecule has 0 aliphatic rings. The Morgan fingerprint density at radius 3 is 2.43 bits per heavy atom. The summed E-state index contributed by atoms with van der Waals surface area (Å²) >= 11 is 7.60. The molecule has 4 nitrogen and oxygen atoms in total. The maximum Gasteiger partial charge on any atom is 0.271 e. The van der Waals surface area contributed by atoms with E-state index in [1.807, 2.05) is 66.7 Å². The third-order valence-electron chi connectivity index (χ3n) is 3.73. The number of amides is 1. The molecule has 0 heterocycles. The molecule has 0 bridgehead atoms. The summed E-state index contributed by atoms with van der Waals surface area (Å²) in [7, 11) is 0. The van der Waals surface area contributed by atoms with E-state index in [0.29, 0.717) is 12.2 Å². The summed E-state index contributed by atoms with van der Waals surface area (Å²) < 4.78 is 5.75. The van der Waals surface area contributed by atoms with E-state index in [4.69, 9.17) is 16.3 Å². The Labute approximate surface area is 173 Å². The van der Waals surface area contributed by atoms with Crippen LogP contribution in [0, 0.1) is 0 Å². The van der Waals surface area contributed by atoms with Gasteiger partial charge in [-0.1, -0.05) is 29.8 Å². The molecule has 0 radical (unpaired) electrons. The summed E-state index contributed by atoms with van der Waals surface area (Å²) in [6, 6.07) is 24.3.